The molecule has 0 aliphatic rings. The van der Waals surface area contributed by atoms with E-state index < -0.39 is 0 Å². The van der Waals surface area contributed by atoms with Gasteiger partial charge in [0.1, 0.15) is 5.82 Å². The van der Waals surface area contributed by atoms with Gasteiger partial charge in [0.15, 0.2) is 0 Å². The van der Waals surface area contributed by atoms with Gasteiger partial charge in [0, 0.05) is 13.0 Å². The number of halogens is 1. The molecule has 0 fully saturated rings. The number of amides is 1. The van der Waals surface area contributed by atoms with Crippen molar-refractivity contribution in [1.82, 2.24) is 5.32 Å². The molecule has 1 aromatic carbocycles. The highest BCUT2D eigenvalue weighted by molar-refractivity contribution is 5.75. The highest BCUT2D eigenvalue weighted by Crippen LogP contribution is 2.10. The van der Waals surface area contributed by atoms with E-state index in [0.29, 0.717) is 19.5 Å². The van der Waals surface area contributed by atoms with Crippen molar-refractivity contribution in [3.8, 4) is 0 Å². The number of rotatable bonds is 8. The number of hydrogen-bond acceptors (Lipinski definition) is 2. The summed E-state index contributed by atoms with van der Waals surface area (Å²) in [4.78, 5) is 11.5. The van der Waals surface area contributed by atoms with E-state index in [1.165, 1.54) is 12.1 Å². The first kappa shape index (κ1) is 15.6. The minimum Gasteiger partial charge on any atom is -0.356 e. The number of nitrogens with two attached hydrogens (primary N) is 1. The molecule has 0 unspecified atom stereocenters. The van der Waals surface area contributed by atoms with E-state index in [1.807, 2.05) is 6.92 Å². The number of carbonyl (C=O) groups excluding carboxylic acids is 1. The van der Waals surface area contributed by atoms with Crippen LogP contribution in [0.1, 0.15) is 36.8 Å². The van der Waals surface area contributed by atoms with Crippen LogP contribution >= 0.6 is 0 Å². The van der Waals surface area contributed by atoms with Crippen LogP contribution in [0.4, 0.5) is 4.39 Å². The van der Waals surface area contributed by atoms with Gasteiger partial charge in [-0.2, -0.15) is 0 Å². The molecule has 4 heteroatoms. The predicted octanol–water partition coefficient (Wildman–Crippen LogP) is 2.31. The molecule has 0 saturated carbocycles. The monoisotopic (exact) mass is 266 g/mol. The lowest BCUT2D eigenvalue weighted by Gasteiger charge is -2.07. The summed E-state index contributed by atoms with van der Waals surface area (Å²) in [7, 11) is 0. The second-order valence-electron chi connectivity index (χ2n) is 4.77. The number of benzene rings is 1. The Bertz CT molecular complexity index is 407. The molecule has 0 aliphatic carbocycles. The largest absolute Gasteiger partial charge is 0.356 e. The van der Waals surface area contributed by atoms with Crippen LogP contribution in [0, 0.1) is 12.7 Å². The zero-order valence-corrected chi connectivity index (χ0v) is 11.5. The summed E-state index contributed by atoms with van der Waals surface area (Å²) in [6.45, 7) is 3.17. The third-order valence-corrected chi connectivity index (χ3v) is 3.13. The maximum absolute atomic E-state index is 12.9. The van der Waals surface area contributed by atoms with Gasteiger partial charge in [-0.1, -0.05) is 12.5 Å². The van der Waals surface area contributed by atoms with Gasteiger partial charge in [0.05, 0.1) is 0 Å². The fourth-order valence-corrected chi connectivity index (χ4v) is 1.97. The summed E-state index contributed by atoms with van der Waals surface area (Å²) >= 11 is 0. The third kappa shape index (κ3) is 6.34. The Morgan fingerprint density at radius 3 is 2.79 bits per heavy atom. The molecule has 1 amide bonds. The second kappa shape index (κ2) is 8.64. The van der Waals surface area contributed by atoms with Crippen LogP contribution in [0.3, 0.4) is 0 Å². The average molecular weight is 266 g/mol. The molecule has 1 aromatic rings. The van der Waals surface area contributed by atoms with Crippen molar-refractivity contribution >= 4 is 5.91 Å². The predicted molar refractivity (Wildman–Crippen MR) is 75.4 cm³/mol. The van der Waals surface area contributed by atoms with Crippen molar-refractivity contribution in [3.63, 3.8) is 0 Å². The number of hydrogen-bond donors (Lipinski definition) is 2. The van der Waals surface area contributed by atoms with Gasteiger partial charge in [-0.25, -0.2) is 4.39 Å². The molecule has 106 valence electrons. The molecule has 0 atom stereocenters. The van der Waals surface area contributed by atoms with Gasteiger partial charge in [0.2, 0.25) is 5.91 Å². The van der Waals surface area contributed by atoms with Gasteiger partial charge in [-0.05, 0) is 56.0 Å². The van der Waals surface area contributed by atoms with Crippen molar-refractivity contribution in [2.24, 2.45) is 5.73 Å². The lowest BCUT2D eigenvalue weighted by Crippen LogP contribution is -2.25. The molecule has 19 heavy (non-hydrogen) atoms. The van der Waals surface area contributed by atoms with Crippen LogP contribution < -0.4 is 11.1 Å². The van der Waals surface area contributed by atoms with E-state index >= 15 is 0 Å². The first-order valence-corrected chi connectivity index (χ1v) is 6.85. The maximum Gasteiger partial charge on any atom is 0.220 e. The third-order valence-electron chi connectivity index (χ3n) is 3.13. The Hall–Kier alpha value is -1.42. The van der Waals surface area contributed by atoms with Gasteiger partial charge in [-0.15, -0.1) is 0 Å². The van der Waals surface area contributed by atoms with Crippen LogP contribution in [0.2, 0.25) is 0 Å². The summed E-state index contributed by atoms with van der Waals surface area (Å²) in [5.74, 6) is -0.137. The molecule has 0 spiro atoms. The second-order valence-corrected chi connectivity index (χ2v) is 4.77. The molecule has 0 radical (unpaired) electrons. The average Bonchev–Trinajstić information content (AvgIpc) is 2.37. The van der Waals surface area contributed by atoms with Crippen molar-refractivity contribution in [2.75, 3.05) is 13.1 Å². The first-order valence-electron chi connectivity index (χ1n) is 6.85. The Kier molecular flexibility index (Phi) is 7.11. The van der Waals surface area contributed by atoms with Gasteiger partial charge in [0.25, 0.3) is 0 Å². The van der Waals surface area contributed by atoms with Crippen molar-refractivity contribution in [1.29, 1.82) is 0 Å². The Morgan fingerprint density at radius 1 is 1.32 bits per heavy atom. The minimum atomic E-state index is -0.217. The summed E-state index contributed by atoms with van der Waals surface area (Å²) in [5, 5.41) is 2.89. The molecule has 3 nitrogen and oxygen atoms in total. The van der Waals surface area contributed by atoms with Crippen LogP contribution in [0.25, 0.3) is 0 Å². The van der Waals surface area contributed by atoms with Crippen LogP contribution in [-0.2, 0) is 11.2 Å². The Labute approximate surface area is 114 Å². The number of aryl methyl sites for hydroxylation is 1. The summed E-state index contributed by atoms with van der Waals surface area (Å²) in [5.41, 5.74) is 7.39. The normalized spacial score (nSPS) is 10.5. The van der Waals surface area contributed by atoms with Crippen molar-refractivity contribution in [3.05, 3.63) is 35.1 Å². The number of unbranched alkanes of at least 4 members (excludes halogenated alkanes) is 2. The zero-order valence-electron chi connectivity index (χ0n) is 11.5. The molecule has 0 aromatic heterocycles. The Morgan fingerprint density at radius 2 is 2.11 bits per heavy atom. The van der Waals surface area contributed by atoms with E-state index in [9.17, 15) is 9.18 Å². The van der Waals surface area contributed by atoms with Gasteiger partial charge < -0.3 is 11.1 Å². The molecule has 0 bridgehead atoms. The van der Waals surface area contributed by atoms with Crippen molar-refractivity contribution in [2.45, 2.75) is 39.0 Å². The minimum absolute atomic E-state index is 0.0804. The van der Waals surface area contributed by atoms with E-state index in [1.54, 1.807) is 6.07 Å². The fraction of sp³-hybridized carbons (Fsp3) is 0.533. The smallest absolute Gasteiger partial charge is 0.220 e. The Balaban J connectivity index is 2.20. The zero-order chi connectivity index (χ0) is 14.1. The molecule has 0 heterocycles. The van der Waals surface area contributed by atoms with Crippen LogP contribution in [-0.4, -0.2) is 19.0 Å². The molecule has 1 rings (SSSR count). The summed E-state index contributed by atoms with van der Waals surface area (Å²) in [6, 6.07) is 4.75. The van der Waals surface area contributed by atoms with E-state index in [-0.39, 0.29) is 11.7 Å². The highest BCUT2D eigenvalue weighted by atomic mass is 19.1. The molecular weight excluding hydrogens is 243 g/mol. The standard InChI is InChI=1S/C15H23FN2O/c1-12-11-14(16)7-6-13(12)8-10-18-15(19)5-3-2-4-9-17/h6-7,11H,2-5,8-10,17H2,1H3,(H,18,19). The SMILES string of the molecule is Cc1cc(F)ccc1CCNC(=O)CCCCCN. The van der Waals surface area contributed by atoms with Gasteiger partial charge >= 0.3 is 0 Å². The topological polar surface area (TPSA) is 55.1 Å². The van der Waals surface area contributed by atoms with E-state index in [4.69, 9.17) is 5.73 Å². The molecule has 0 aliphatic heterocycles. The lowest BCUT2D eigenvalue weighted by atomic mass is 10.1. The number of carbonyl (C=O) groups is 1. The lowest BCUT2D eigenvalue weighted by molar-refractivity contribution is -0.121. The summed E-state index contributed by atoms with van der Waals surface area (Å²) < 4.78 is 12.9. The number of nitrogens with one attached hydrogen (secondary N) is 1. The van der Waals surface area contributed by atoms with Crippen molar-refractivity contribution < 1.29 is 9.18 Å². The molecule has 0 saturated heterocycles. The van der Waals surface area contributed by atoms with Crippen LogP contribution in [0.5, 0.6) is 0 Å². The van der Waals surface area contributed by atoms with Gasteiger partial charge in [-0.3, -0.25) is 4.79 Å². The first-order chi connectivity index (χ1) is 9.13. The fourth-order valence-electron chi connectivity index (χ4n) is 1.97. The van der Waals surface area contributed by atoms with E-state index in [0.717, 1.165) is 36.8 Å². The molecule has 3 N–H and O–H groups in total. The van der Waals surface area contributed by atoms with E-state index in [2.05, 4.69) is 5.32 Å². The maximum atomic E-state index is 12.9. The quantitative estimate of drug-likeness (QED) is 0.709. The molecular formula is C15H23FN2O. The highest BCUT2D eigenvalue weighted by Gasteiger charge is 2.03. The van der Waals surface area contributed by atoms with Crippen LogP contribution in [0.15, 0.2) is 18.2 Å². The summed E-state index contributed by atoms with van der Waals surface area (Å²) in [6.07, 6.45) is 4.16.